The van der Waals surface area contributed by atoms with E-state index in [1.54, 1.807) is 11.3 Å². The molecule has 0 bridgehead atoms. The maximum atomic E-state index is 6.19. The first-order chi connectivity index (χ1) is 20.3. The van der Waals surface area contributed by atoms with E-state index in [4.69, 9.17) is 9.40 Å². The number of aromatic nitrogens is 2. The molecule has 6 aromatic carbocycles. The van der Waals surface area contributed by atoms with Crippen molar-refractivity contribution >= 4 is 65.3 Å². The van der Waals surface area contributed by atoms with Gasteiger partial charge < -0.3 is 4.42 Å². The second kappa shape index (κ2) is 8.65. The van der Waals surface area contributed by atoms with E-state index in [9.17, 15) is 0 Å². The number of benzene rings is 6. The van der Waals surface area contributed by atoms with Crippen LogP contribution in [0.15, 0.2) is 138 Å². The second-order valence-electron chi connectivity index (χ2n) is 10.4. The van der Waals surface area contributed by atoms with E-state index in [1.165, 1.54) is 33.0 Å². The minimum atomic E-state index is 0.871. The Kier molecular flexibility index (Phi) is 4.77. The molecule has 9 rings (SSSR count). The topological polar surface area (TPSA) is 31.0 Å². The standard InChI is InChI=1S/C37H22N2OS/c1-3-10-23(11-4-1)25-18-19-27-30(22-25)39(29-16-9-15-26(34(27)29)24-12-5-2-6-13-24)37-38-36-33(41-37)21-20-32-35(36)28-14-7-8-17-31(28)40-32/h1-22H. The normalized spacial score (nSPS) is 11.9. The molecule has 41 heavy (non-hydrogen) atoms. The maximum Gasteiger partial charge on any atom is 0.195 e. The van der Waals surface area contributed by atoms with Gasteiger partial charge in [-0.25, -0.2) is 4.98 Å². The first-order valence-electron chi connectivity index (χ1n) is 13.7. The van der Waals surface area contributed by atoms with Crippen LogP contribution in [0.4, 0.5) is 0 Å². The summed E-state index contributed by atoms with van der Waals surface area (Å²) in [5.41, 5.74) is 9.87. The lowest BCUT2D eigenvalue weighted by Crippen LogP contribution is -1.93. The van der Waals surface area contributed by atoms with Gasteiger partial charge in [0.15, 0.2) is 5.13 Å². The van der Waals surface area contributed by atoms with Crippen molar-refractivity contribution in [2.24, 2.45) is 0 Å². The van der Waals surface area contributed by atoms with Crippen LogP contribution < -0.4 is 0 Å². The summed E-state index contributed by atoms with van der Waals surface area (Å²) < 4.78 is 9.68. The Morgan fingerprint density at radius 2 is 1.32 bits per heavy atom. The molecule has 0 N–H and O–H groups in total. The number of hydrogen-bond donors (Lipinski definition) is 0. The first-order valence-corrected chi connectivity index (χ1v) is 14.5. The fraction of sp³-hybridized carbons (Fsp3) is 0. The molecule has 192 valence electrons. The molecule has 0 aliphatic carbocycles. The Morgan fingerprint density at radius 3 is 2.17 bits per heavy atom. The van der Waals surface area contributed by atoms with Gasteiger partial charge in [-0.2, -0.15) is 0 Å². The molecule has 0 aliphatic heterocycles. The highest BCUT2D eigenvalue weighted by molar-refractivity contribution is 7.21. The summed E-state index contributed by atoms with van der Waals surface area (Å²) >= 11 is 1.73. The Morgan fingerprint density at radius 1 is 0.537 bits per heavy atom. The van der Waals surface area contributed by atoms with Gasteiger partial charge in [0.05, 0.1) is 26.6 Å². The molecule has 0 aliphatic rings. The number of nitrogens with zero attached hydrogens (tertiary/aromatic N) is 2. The minimum absolute atomic E-state index is 0.871. The third kappa shape index (κ3) is 3.35. The van der Waals surface area contributed by atoms with Gasteiger partial charge in [0.25, 0.3) is 0 Å². The minimum Gasteiger partial charge on any atom is -0.456 e. The number of furan rings is 1. The van der Waals surface area contributed by atoms with Gasteiger partial charge in [-0.1, -0.05) is 114 Å². The third-order valence-corrected chi connectivity index (χ3v) is 9.07. The Bertz CT molecular complexity index is 2410. The molecule has 0 fully saturated rings. The third-order valence-electron chi connectivity index (χ3n) is 8.06. The van der Waals surface area contributed by atoms with Crippen LogP contribution in [0.1, 0.15) is 0 Å². The highest BCUT2D eigenvalue weighted by Crippen LogP contribution is 2.43. The molecule has 3 heterocycles. The SMILES string of the molecule is c1ccc(-c2ccc3c4c(-c5ccccc5)cccc4n(-c4nc5c(ccc6oc7ccccc7c65)s4)c3c2)cc1. The zero-order chi connectivity index (χ0) is 26.9. The van der Waals surface area contributed by atoms with Gasteiger partial charge >= 0.3 is 0 Å². The van der Waals surface area contributed by atoms with Crippen molar-refractivity contribution in [1.82, 2.24) is 9.55 Å². The summed E-state index contributed by atoms with van der Waals surface area (Å²) in [5, 5.41) is 5.60. The smallest absolute Gasteiger partial charge is 0.195 e. The van der Waals surface area contributed by atoms with E-state index in [-0.39, 0.29) is 0 Å². The van der Waals surface area contributed by atoms with Crippen molar-refractivity contribution in [1.29, 1.82) is 0 Å². The summed E-state index contributed by atoms with van der Waals surface area (Å²) in [5.74, 6) is 0. The van der Waals surface area contributed by atoms with Crippen LogP contribution >= 0.6 is 11.3 Å². The summed E-state index contributed by atoms with van der Waals surface area (Å²) in [6, 6.07) is 47.1. The van der Waals surface area contributed by atoms with Gasteiger partial charge in [0.1, 0.15) is 11.2 Å². The Hall–Kier alpha value is -5.19. The van der Waals surface area contributed by atoms with Crippen molar-refractivity contribution in [3.63, 3.8) is 0 Å². The van der Waals surface area contributed by atoms with Crippen molar-refractivity contribution < 1.29 is 4.42 Å². The fourth-order valence-electron chi connectivity index (χ4n) is 6.23. The van der Waals surface area contributed by atoms with Gasteiger partial charge in [-0.3, -0.25) is 4.57 Å². The van der Waals surface area contributed by atoms with E-state index < -0.39 is 0 Å². The van der Waals surface area contributed by atoms with Crippen LogP contribution in [0.5, 0.6) is 0 Å². The predicted octanol–water partition coefficient (Wildman–Crippen LogP) is 10.6. The largest absolute Gasteiger partial charge is 0.456 e. The molecule has 0 radical (unpaired) electrons. The molecule has 0 spiro atoms. The first kappa shape index (κ1) is 22.6. The molecular weight excluding hydrogens is 520 g/mol. The molecule has 0 amide bonds. The van der Waals surface area contributed by atoms with Gasteiger partial charge in [0.2, 0.25) is 0 Å². The monoisotopic (exact) mass is 542 g/mol. The molecule has 0 saturated carbocycles. The lowest BCUT2D eigenvalue weighted by molar-refractivity contribution is 0.669. The molecule has 9 aromatic rings. The second-order valence-corrected chi connectivity index (χ2v) is 11.4. The van der Waals surface area contributed by atoms with Gasteiger partial charge in [0, 0.05) is 16.2 Å². The molecule has 3 nitrogen and oxygen atoms in total. The maximum absolute atomic E-state index is 6.19. The summed E-state index contributed by atoms with van der Waals surface area (Å²) in [6.07, 6.45) is 0. The zero-order valence-corrected chi connectivity index (χ0v) is 22.7. The van der Waals surface area contributed by atoms with Crippen LogP contribution in [0.3, 0.4) is 0 Å². The van der Waals surface area contributed by atoms with Gasteiger partial charge in [-0.05, 0) is 52.6 Å². The molecule has 0 atom stereocenters. The molecular formula is C37H22N2OS. The Labute approximate surface area is 239 Å². The lowest BCUT2D eigenvalue weighted by atomic mass is 9.98. The van der Waals surface area contributed by atoms with E-state index in [2.05, 4.69) is 126 Å². The van der Waals surface area contributed by atoms with Crippen molar-refractivity contribution in [2.75, 3.05) is 0 Å². The van der Waals surface area contributed by atoms with E-state index in [0.717, 1.165) is 48.3 Å². The van der Waals surface area contributed by atoms with Crippen molar-refractivity contribution in [3.05, 3.63) is 133 Å². The van der Waals surface area contributed by atoms with Crippen LogP contribution in [-0.4, -0.2) is 9.55 Å². The van der Waals surface area contributed by atoms with E-state index in [0.29, 0.717) is 0 Å². The molecule has 0 unspecified atom stereocenters. The highest BCUT2D eigenvalue weighted by Gasteiger charge is 2.21. The van der Waals surface area contributed by atoms with Crippen LogP contribution in [0.2, 0.25) is 0 Å². The summed E-state index contributed by atoms with van der Waals surface area (Å²) in [7, 11) is 0. The quantitative estimate of drug-likeness (QED) is 0.222. The van der Waals surface area contributed by atoms with Crippen LogP contribution in [0.25, 0.3) is 81.3 Å². The van der Waals surface area contributed by atoms with Crippen molar-refractivity contribution in [2.45, 2.75) is 0 Å². The van der Waals surface area contributed by atoms with Crippen molar-refractivity contribution in [3.8, 4) is 27.4 Å². The average molecular weight is 543 g/mol. The van der Waals surface area contributed by atoms with E-state index in [1.807, 2.05) is 12.1 Å². The van der Waals surface area contributed by atoms with E-state index >= 15 is 0 Å². The number of fused-ring (bicyclic) bond motifs is 8. The number of hydrogen-bond acceptors (Lipinski definition) is 3. The summed E-state index contributed by atoms with van der Waals surface area (Å²) in [6.45, 7) is 0. The molecule has 0 saturated heterocycles. The lowest BCUT2D eigenvalue weighted by Gasteiger charge is -2.06. The number of thiazole rings is 1. The van der Waals surface area contributed by atoms with Gasteiger partial charge in [-0.15, -0.1) is 0 Å². The predicted molar refractivity (Wildman–Crippen MR) is 172 cm³/mol. The molecule has 4 heteroatoms. The van der Waals surface area contributed by atoms with Crippen LogP contribution in [0, 0.1) is 0 Å². The fourth-order valence-corrected chi connectivity index (χ4v) is 7.23. The average Bonchev–Trinajstić information content (AvgIpc) is 3.72. The zero-order valence-electron chi connectivity index (χ0n) is 21.9. The van der Waals surface area contributed by atoms with Crippen LogP contribution in [-0.2, 0) is 0 Å². The Balaban J connectivity index is 1.40. The number of rotatable bonds is 3. The highest BCUT2D eigenvalue weighted by atomic mass is 32.1. The number of para-hydroxylation sites is 1. The molecule has 3 aromatic heterocycles. The summed E-state index contributed by atoms with van der Waals surface area (Å²) in [4.78, 5) is 5.33.